The number of hydrogen-bond donors (Lipinski definition) is 2. The second kappa shape index (κ2) is 7.51. The van der Waals surface area contributed by atoms with E-state index in [1.54, 1.807) is 11.3 Å². The van der Waals surface area contributed by atoms with E-state index in [0.29, 0.717) is 25.3 Å². The number of carbonyl (C=O) groups excluding carboxylic acids is 1. The fraction of sp³-hybridized carbons (Fsp3) is 0.174. The van der Waals surface area contributed by atoms with Gasteiger partial charge in [-0.2, -0.15) is 0 Å². The molecule has 0 atom stereocenters. The van der Waals surface area contributed by atoms with Crippen LogP contribution in [-0.4, -0.2) is 22.4 Å². The van der Waals surface area contributed by atoms with E-state index < -0.39 is 0 Å². The highest BCUT2D eigenvalue weighted by Gasteiger charge is 2.25. The van der Waals surface area contributed by atoms with Crippen molar-refractivity contribution >= 4 is 39.0 Å². The van der Waals surface area contributed by atoms with Crippen LogP contribution in [0.1, 0.15) is 16.7 Å². The minimum atomic E-state index is 0.106. The Morgan fingerprint density at radius 2 is 2.00 bits per heavy atom. The van der Waals surface area contributed by atoms with Crippen LogP contribution >= 0.6 is 11.3 Å². The normalized spacial score (nSPS) is 13.0. The molecule has 1 amide bonds. The third kappa shape index (κ3) is 3.22. The highest BCUT2D eigenvalue weighted by atomic mass is 32.1. The predicted octanol–water partition coefficient (Wildman–Crippen LogP) is 3.53. The highest BCUT2D eigenvalue weighted by molar-refractivity contribution is 7.17. The Kier molecular flexibility index (Phi) is 4.69. The Labute approximate surface area is 178 Å². The van der Waals surface area contributed by atoms with E-state index in [4.69, 9.17) is 11.5 Å². The third-order valence-corrected chi connectivity index (χ3v) is 6.46. The predicted molar refractivity (Wildman–Crippen MR) is 121 cm³/mol. The second-order valence-electron chi connectivity index (χ2n) is 7.43. The molecule has 0 unspecified atom stereocenters. The zero-order valence-electron chi connectivity index (χ0n) is 16.3. The average molecular weight is 416 g/mol. The van der Waals surface area contributed by atoms with Gasteiger partial charge in [0.25, 0.3) is 0 Å². The van der Waals surface area contributed by atoms with Gasteiger partial charge in [-0.1, -0.05) is 30.3 Å². The maximum absolute atomic E-state index is 13.0. The summed E-state index contributed by atoms with van der Waals surface area (Å²) in [6, 6.07) is 14.2. The SMILES string of the molecule is NCc1cccc(CC(=O)N2CCc3cc(-c4csc5ncnc(N)c45)ccc32)c1. The van der Waals surface area contributed by atoms with Crippen molar-refractivity contribution in [2.24, 2.45) is 5.73 Å². The fourth-order valence-electron chi connectivity index (χ4n) is 4.08. The van der Waals surface area contributed by atoms with Crippen molar-refractivity contribution in [2.45, 2.75) is 19.4 Å². The summed E-state index contributed by atoms with van der Waals surface area (Å²) in [5, 5.41) is 2.97. The largest absolute Gasteiger partial charge is 0.383 e. The summed E-state index contributed by atoms with van der Waals surface area (Å²) in [7, 11) is 0. The molecule has 3 heterocycles. The molecule has 4 aromatic rings. The van der Waals surface area contributed by atoms with Gasteiger partial charge in [0.15, 0.2) is 0 Å². The number of nitrogens with two attached hydrogens (primary N) is 2. The summed E-state index contributed by atoms with van der Waals surface area (Å²) in [5.41, 5.74) is 18.1. The van der Waals surface area contributed by atoms with Crippen LogP contribution in [0.3, 0.4) is 0 Å². The van der Waals surface area contributed by atoms with Crippen LogP contribution in [0.4, 0.5) is 11.5 Å². The number of amides is 1. The van der Waals surface area contributed by atoms with Gasteiger partial charge in [-0.3, -0.25) is 4.79 Å². The van der Waals surface area contributed by atoms with E-state index in [1.165, 1.54) is 11.9 Å². The summed E-state index contributed by atoms with van der Waals surface area (Å²) in [6.45, 7) is 1.17. The molecule has 1 aliphatic heterocycles. The van der Waals surface area contributed by atoms with Crippen LogP contribution in [0.25, 0.3) is 21.3 Å². The molecular weight excluding hydrogens is 394 g/mol. The molecule has 4 N–H and O–H groups in total. The van der Waals surface area contributed by atoms with Crippen molar-refractivity contribution in [1.29, 1.82) is 0 Å². The Balaban J connectivity index is 1.43. The standard InChI is InChI=1S/C23H21N5OS/c24-11-15-3-1-2-14(8-15)9-20(29)28-7-6-17-10-16(4-5-19(17)28)18-12-30-23-21(18)22(25)26-13-27-23/h1-5,8,10,12-13H,6-7,9,11,24H2,(H2,25,26,27). The summed E-state index contributed by atoms with van der Waals surface area (Å²) in [4.78, 5) is 24.2. The molecule has 0 bridgehead atoms. The maximum atomic E-state index is 13.0. The molecule has 0 saturated carbocycles. The number of thiophene rings is 1. The first-order valence-corrected chi connectivity index (χ1v) is 10.7. The smallest absolute Gasteiger partial charge is 0.231 e. The van der Waals surface area contributed by atoms with Gasteiger partial charge in [0, 0.05) is 29.7 Å². The van der Waals surface area contributed by atoms with Crippen molar-refractivity contribution in [3.05, 3.63) is 70.9 Å². The average Bonchev–Trinajstić information content (AvgIpc) is 3.38. The molecule has 5 rings (SSSR count). The van der Waals surface area contributed by atoms with Crippen molar-refractivity contribution in [3.8, 4) is 11.1 Å². The van der Waals surface area contributed by atoms with Crippen LogP contribution in [0.15, 0.2) is 54.2 Å². The Hall–Kier alpha value is -3.29. The number of nitrogens with zero attached hydrogens (tertiary/aromatic N) is 3. The molecule has 0 aliphatic carbocycles. The lowest BCUT2D eigenvalue weighted by Gasteiger charge is -2.18. The third-order valence-electron chi connectivity index (χ3n) is 5.57. The summed E-state index contributed by atoms with van der Waals surface area (Å²) >= 11 is 1.56. The molecule has 1 aliphatic rings. The molecule has 6 nitrogen and oxygen atoms in total. The zero-order chi connectivity index (χ0) is 20.7. The number of aromatic nitrogens is 2. The van der Waals surface area contributed by atoms with Gasteiger partial charge < -0.3 is 16.4 Å². The minimum Gasteiger partial charge on any atom is -0.383 e. The van der Waals surface area contributed by atoms with Crippen LogP contribution in [-0.2, 0) is 24.2 Å². The first-order valence-electron chi connectivity index (χ1n) is 9.83. The topological polar surface area (TPSA) is 98.1 Å². The van der Waals surface area contributed by atoms with Crippen LogP contribution in [0, 0.1) is 0 Å². The van der Waals surface area contributed by atoms with Crippen molar-refractivity contribution < 1.29 is 4.79 Å². The number of rotatable bonds is 4. The molecule has 0 radical (unpaired) electrons. The van der Waals surface area contributed by atoms with Crippen molar-refractivity contribution in [1.82, 2.24) is 9.97 Å². The number of benzene rings is 2. The van der Waals surface area contributed by atoms with E-state index >= 15 is 0 Å². The number of nitrogen functional groups attached to an aromatic ring is 1. The van der Waals surface area contributed by atoms with Gasteiger partial charge in [-0.05, 0) is 40.8 Å². The minimum absolute atomic E-state index is 0.106. The van der Waals surface area contributed by atoms with E-state index in [-0.39, 0.29) is 5.91 Å². The quantitative estimate of drug-likeness (QED) is 0.531. The molecule has 0 spiro atoms. The second-order valence-corrected chi connectivity index (χ2v) is 8.29. The molecule has 2 aromatic carbocycles. The molecule has 150 valence electrons. The highest BCUT2D eigenvalue weighted by Crippen LogP contribution is 2.38. The van der Waals surface area contributed by atoms with E-state index in [0.717, 1.165) is 44.6 Å². The summed E-state index contributed by atoms with van der Waals surface area (Å²) in [5.74, 6) is 0.600. The Bertz CT molecular complexity index is 1270. The first-order chi connectivity index (χ1) is 14.6. The van der Waals surface area contributed by atoms with Crippen LogP contribution in [0.2, 0.25) is 0 Å². The summed E-state index contributed by atoms with van der Waals surface area (Å²) < 4.78 is 0. The molecule has 0 fully saturated rings. The molecule has 2 aromatic heterocycles. The number of anilines is 2. The first kappa shape index (κ1) is 18.7. The van der Waals surface area contributed by atoms with Gasteiger partial charge in [0.1, 0.15) is 17.0 Å². The molecule has 0 saturated heterocycles. The van der Waals surface area contributed by atoms with E-state index in [9.17, 15) is 4.79 Å². The van der Waals surface area contributed by atoms with Crippen LogP contribution in [0.5, 0.6) is 0 Å². The lowest BCUT2D eigenvalue weighted by atomic mass is 10.0. The van der Waals surface area contributed by atoms with Gasteiger partial charge in [-0.15, -0.1) is 11.3 Å². The lowest BCUT2D eigenvalue weighted by molar-refractivity contribution is -0.117. The Morgan fingerprint density at radius 1 is 1.13 bits per heavy atom. The molecule has 30 heavy (non-hydrogen) atoms. The van der Waals surface area contributed by atoms with Crippen molar-refractivity contribution in [2.75, 3.05) is 17.2 Å². The van der Waals surface area contributed by atoms with E-state index in [2.05, 4.69) is 21.4 Å². The van der Waals surface area contributed by atoms with Crippen molar-refractivity contribution in [3.63, 3.8) is 0 Å². The van der Waals surface area contributed by atoms with Gasteiger partial charge in [0.05, 0.1) is 11.8 Å². The van der Waals surface area contributed by atoms with Gasteiger partial charge in [0.2, 0.25) is 5.91 Å². The van der Waals surface area contributed by atoms with Gasteiger partial charge in [-0.25, -0.2) is 9.97 Å². The van der Waals surface area contributed by atoms with E-state index in [1.807, 2.05) is 41.3 Å². The number of carbonyl (C=O) groups is 1. The monoisotopic (exact) mass is 415 g/mol. The zero-order valence-corrected chi connectivity index (χ0v) is 17.2. The Morgan fingerprint density at radius 3 is 2.87 bits per heavy atom. The summed E-state index contributed by atoms with van der Waals surface area (Å²) in [6.07, 6.45) is 2.71. The number of fused-ring (bicyclic) bond motifs is 2. The maximum Gasteiger partial charge on any atom is 0.231 e. The molecule has 7 heteroatoms. The fourth-order valence-corrected chi connectivity index (χ4v) is 5.00. The van der Waals surface area contributed by atoms with Gasteiger partial charge >= 0.3 is 0 Å². The molecular formula is C23H21N5OS. The lowest BCUT2D eigenvalue weighted by Crippen LogP contribution is -2.30. The number of hydrogen-bond acceptors (Lipinski definition) is 6. The van der Waals surface area contributed by atoms with Crippen LogP contribution < -0.4 is 16.4 Å².